The van der Waals surface area contributed by atoms with E-state index in [0.29, 0.717) is 33.6 Å². The SMILES string of the molecule is COc1cc(C(=O)Oc2ccc(/C=C/C(=O)c3ccc(Cl)cc3)cc2)cc(OC)c1OC. The van der Waals surface area contributed by atoms with Crippen LogP contribution in [0.15, 0.2) is 66.7 Å². The first kappa shape index (κ1) is 22.9. The Labute approximate surface area is 190 Å². The predicted molar refractivity (Wildman–Crippen MR) is 122 cm³/mol. The van der Waals surface area contributed by atoms with E-state index in [1.807, 2.05) is 0 Å². The van der Waals surface area contributed by atoms with Gasteiger partial charge in [0.25, 0.3) is 0 Å². The van der Waals surface area contributed by atoms with Crippen LogP contribution >= 0.6 is 11.6 Å². The molecule has 3 rings (SSSR count). The molecule has 0 aliphatic carbocycles. The quantitative estimate of drug-likeness (QED) is 0.195. The summed E-state index contributed by atoms with van der Waals surface area (Å²) in [5.41, 5.74) is 1.57. The third kappa shape index (κ3) is 5.47. The molecule has 0 radical (unpaired) electrons. The molecule has 6 nitrogen and oxygen atoms in total. The average molecular weight is 453 g/mol. The molecule has 164 valence electrons. The zero-order valence-corrected chi connectivity index (χ0v) is 18.5. The van der Waals surface area contributed by atoms with Gasteiger partial charge in [0.2, 0.25) is 5.75 Å². The maximum atomic E-state index is 12.6. The molecule has 0 spiro atoms. The molecular weight excluding hydrogens is 432 g/mol. The molecule has 0 bridgehead atoms. The summed E-state index contributed by atoms with van der Waals surface area (Å²) in [5, 5.41) is 0.571. The van der Waals surface area contributed by atoms with Crippen LogP contribution in [-0.4, -0.2) is 33.1 Å². The summed E-state index contributed by atoms with van der Waals surface area (Å²) >= 11 is 5.84. The Morgan fingerprint density at radius 3 is 1.91 bits per heavy atom. The highest BCUT2D eigenvalue weighted by Crippen LogP contribution is 2.38. The van der Waals surface area contributed by atoms with Gasteiger partial charge in [-0.1, -0.05) is 29.8 Å². The zero-order chi connectivity index (χ0) is 23.1. The third-order valence-corrected chi connectivity index (χ3v) is 4.80. The molecule has 0 saturated heterocycles. The van der Waals surface area contributed by atoms with E-state index in [2.05, 4.69) is 0 Å². The second-order valence-corrected chi connectivity index (χ2v) is 7.01. The summed E-state index contributed by atoms with van der Waals surface area (Å²) < 4.78 is 21.2. The van der Waals surface area contributed by atoms with Crippen LogP contribution in [0.25, 0.3) is 6.08 Å². The first-order valence-electron chi connectivity index (χ1n) is 9.55. The van der Waals surface area contributed by atoms with Crippen LogP contribution in [0.2, 0.25) is 5.02 Å². The topological polar surface area (TPSA) is 71.1 Å². The molecule has 7 heteroatoms. The summed E-state index contributed by atoms with van der Waals surface area (Å²) in [6.07, 6.45) is 3.15. The Hall–Kier alpha value is -3.77. The van der Waals surface area contributed by atoms with Crippen molar-refractivity contribution in [2.45, 2.75) is 0 Å². The van der Waals surface area contributed by atoms with E-state index in [-0.39, 0.29) is 11.3 Å². The molecular formula is C25H21ClO6. The summed E-state index contributed by atoms with van der Waals surface area (Å²) in [6.45, 7) is 0. The van der Waals surface area contributed by atoms with E-state index in [0.717, 1.165) is 5.56 Å². The van der Waals surface area contributed by atoms with Crippen molar-refractivity contribution in [2.75, 3.05) is 21.3 Å². The number of rotatable bonds is 8. The fourth-order valence-electron chi connectivity index (χ4n) is 2.89. The van der Waals surface area contributed by atoms with Gasteiger partial charge in [-0.3, -0.25) is 4.79 Å². The number of hydrogen-bond donors (Lipinski definition) is 0. The van der Waals surface area contributed by atoms with Gasteiger partial charge < -0.3 is 18.9 Å². The van der Waals surface area contributed by atoms with Crippen molar-refractivity contribution in [3.05, 3.63) is 88.5 Å². The molecule has 0 saturated carbocycles. The smallest absolute Gasteiger partial charge is 0.343 e. The standard InChI is InChI=1S/C25H21ClO6/c1-29-22-14-18(15-23(30-2)24(22)31-3)25(28)32-20-11-4-16(5-12-20)6-13-21(27)17-7-9-19(26)10-8-17/h4-15H,1-3H3/b13-6+. The van der Waals surface area contributed by atoms with Crippen molar-refractivity contribution in [3.63, 3.8) is 0 Å². The lowest BCUT2D eigenvalue weighted by molar-refractivity contribution is 0.0733. The normalized spacial score (nSPS) is 10.6. The van der Waals surface area contributed by atoms with Crippen molar-refractivity contribution in [1.82, 2.24) is 0 Å². The molecule has 0 aromatic heterocycles. The van der Waals surface area contributed by atoms with Crippen LogP contribution in [-0.2, 0) is 0 Å². The van der Waals surface area contributed by atoms with Crippen LogP contribution in [0.4, 0.5) is 0 Å². The average Bonchev–Trinajstić information content (AvgIpc) is 2.82. The van der Waals surface area contributed by atoms with E-state index in [1.165, 1.54) is 39.5 Å². The molecule has 3 aromatic rings. The number of allylic oxidation sites excluding steroid dienone is 1. The third-order valence-electron chi connectivity index (χ3n) is 4.55. The minimum atomic E-state index is -0.578. The minimum Gasteiger partial charge on any atom is -0.493 e. The number of ether oxygens (including phenoxy) is 4. The molecule has 0 fully saturated rings. The van der Waals surface area contributed by atoms with Gasteiger partial charge in [0.05, 0.1) is 26.9 Å². The van der Waals surface area contributed by atoms with Gasteiger partial charge >= 0.3 is 5.97 Å². The Kier molecular flexibility index (Phi) is 7.52. The van der Waals surface area contributed by atoms with E-state index in [1.54, 1.807) is 54.6 Å². The highest BCUT2D eigenvalue weighted by Gasteiger charge is 2.18. The van der Waals surface area contributed by atoms with Gasteiger partial charge in [-0.05, 0) is 60.2 Å². The maximum absolute atomic E-state index is 12.6. The van der Waals surface area contributed by atoms with E-state index < -0.39 is 5.97 Å². The van der Waals surface area contributed by atoms with E-state index in [9.17, 15) is 9.59 Å². The van der Waals surface area contributed by atoms with Crippen molar-refractivity contribution in [2.24, 2.45) is 0 Å². The Bertz CT molecular complexity index is 1110. The highest BCUT2D eigenvalue weighted by molar-refractivity contribution is 6.30. The number of carbonyl (C=O) groups is 2. The summed E-state index contributed by atoms with van der Waals surface area (Å²) in [7, 11) is 4.42. The van der Waals surface area contributed by atoms with Gasteiger partial charge in [-0.25, -0.2) is 4.79 Å². The molecule has 0 N–H and O–H groups in total. The maximum Gasteiger partial charge on any atom is 0.343 e. The molecule has 3 aromatic carbocycles. The molecule has 0 heterocycles. The van der Waals surface area contributed by atoms with Gasteiger partial charge in [-0.2, -0.15) is 0 Å². The number of esters is 1. The van der Waals surface area contributed by atoms with Crippen LogP contribution in [0, 0.1) is 0 Å². The summed E-state index contributed by atoms with van der Waals surface area (Å²) in [6, 6.07) is 16.5. The van der Waals surface area contributed by atoms with Gasteiger partial charge in [0.15, 0.2) is 17.3 Å². The second kappa shape index (κ2) is 10.5. The van der Waals surface area contributed by atoms with Crippen molar-refractivity contribution in [1.29, 1.82) is 0 Å². The fourth-order valence-corrected chi connectivity index (χ4v) is 3.02. The highest BCUT2D eigenvalue weighted by atomic mass is 35.5. The fraction of sp³-hybridized carbons (Fsp3) is 0.120. The van der Waals surface area contributed by atoms with Gasteiger partial charge in [0, 0.05) is 10.6 Å². The first-order chi connectivity index (χ1) is 15.4. The Morgan fingerprint density at radius 1 is 0.781 bits per heavy atom. The Balaban J connectivity index is 1.69. The largest absolute Gasteiger partial charge is 0.493 e. The number of benzene rings is 3. The molecule has 0 atom stereocenters. The lowest BCUT2D eigenvalue weighted by Crippen LogP contribution is -2.09. The summed E-state index contributed by atoms with van der Waals surface area (Å²) in [4.78, 5) is 24.8. The zero-order valence-electron chi connectivity index (χ0n) is 17.8. The first-order valence-corrected chi connectivity index (χ1v) is 9.93. The number of ketones is 1. The van der Waals surface area contributed by atoms with E-state index >= 15 is 0 Å². The van der Waals surface area contributed by atoms with Crippen molar-refractivity contribution in [3.8, 4) is 23.0 Å². The van der Waals surface area contributed by atoms with Crippen molar-refractivity contribution < 1.29 is 28.5 Å². The Morgan fingerprint density at radius 2 is 1.38 bits per heavy atom. The van der Waals surface area contributed by atoms with Gasteiger partial charge in [0.1, 0.15) is 5.75 Å². The number of halogens is 1. The van der Waals surface area contributed by atoms with Crippen LogP contribution in [0.3, 0.4) is 0 Å². The molecule has 0 amide bonds. The van der Waals surface area contributed by atoms with Crippen LogP contribution in [0.1, 0.15) is 26.3 Å². The van der Waals surface area contributed by atoms with Crippen molar-refractivity contribution >= 4 is 29.4 Å². The molecule has 0 aliphatic rings. The number of methoxy groups -OCH3 is 3. The number of hydrogen-bond acceptors (Lipinski definition) is 6. The molecule has 0 aliphatic heterocycles. The second-order valence-electron chi connectivity index (χ2n) is 6.58. The monoisotopic (exact) mass is 452 g/mol. The minimum absolute atomic E-state index is 0.139. The molecule has 0 unspecified atom stereocenters. The number of carbonyl (C=O) groups excluding carboxylic acids is 2. The molecule has 32 heavy (non-hydrogen) atoms. The van der Waals surface area contributed by atoms with Crippen LogP contribution in [0.5, 0.6) is 23.0 Å². The lowest BCUT2D eigenvalue weighted by Gasteiger charge is -2.13. The van der Waals surface area contributed by atoms with E-state index in [4.69, 9.17) is 30.5 Å². The van der Waals surface area contributed by atoms with Crippen LogP contribution < -0.4 is 18.9 Å². The lowest BCUT2D eigenvalue weighted by atomic mass is 10.1. The summed E-state index contributed by atoms with van der Waals surface area (Å²) in [5.74, 6) is 0.722. The predicted octanol–water partition coefficient (Wildman–Crippen LogP) is 5.48. The van der Waals surface area contributed by atoms with Gasteiger partial charge in [-0.15, -0.1) is 0 Å².